The van der Waals surface area contributed by atoms with Crippen molar-refractivity contribution in [2.75, 3.05) is 6.54 Å². The van der Waals surface area contributed by atoms with E-state index in [-0.39, 0.29) is 11.3 Å². The molecule has 2 aromatic carbocycles. The van der Waals surface area contributed by atoms with Crippen LogP contribution in [0.3, 0.4) is 0 Å². The molecular weight excluding hydrogens is 345 g/mol. The Morgan fingerprint density at radius 1 is 0.885 bits per heavy atom. The zero-order chi connectivity index (χ0) is 18.8. The topological polar surface area (TPSA) is 58.9 Å². The third-order valence-corrected chi connectivity index (χ3v) is 4.35. The van der Waals surface area contributed by atoms with Gasteiger partial charge >= 0.3 is 6.18 Å². The number of benzene rings is 2. The van der Waals surface area contributed by atoms with Gasteiger partial charge in [-0.1, -0.05) is 60.7 Å². The highest BCUT2D eigenvalue weighted by Crippen LogP contribution is 2.46. The predicted octanol–water partition coefficient (Wildman–Crippen LogP) is 4.81. The number of nitrogens with one attached hydrogen (secondary N) is 1. The van der Waals surface area contributed by atoms with E-state index in [2.05, 4.69) is 4.98 Å². The molecule has 0 fully saturated rings. The Kier molecular flexibility index (Phi) is 4.54. The number of alkyl halides is 3. The van der Waals surface area contributed by atoms with Crippen LogP contribution >= 0.6 is 0 Å². The fraction of sp³-hybridized carbons (Fsp3) is 0.158. The fourth-order valence-corrected chi connectivity index (χ4v) is 3.08. The summed E-state index contributed by atoms with van der Waals surface area (Å²) in [6.45, 7) is -1.30. The number of aromatic amines is 1. The maximum Gasteiger partial charge on any atom is 0.410 e. The third-order valence-electron chi connectivity index (χ3n) is 4.35. The van der Waals surface area contributed by atoms with Crippen LogP contribution in [0.5, 0.6) is 0 Å². The molecule has 0 radical (unpaired) electrons. The lowest BCUT2D eigenvalue weighted by molar-refractivity contribution is -0.498. The molecule has 7 heteroatoms. The van der Waals surface area contributed by atoms with Crippen LogP contribution in [0.2, 0.25) is 0 Å². The molecule has 0 aliphatic heterocycles. The number of H-pyrrole nitrogens is 1. The molecule has 1 atom stereocenters. The summed E-state index contributed by atoms with van der Waals surface area (Å²) >= 11 is 0. The molecule has 0 spiro atoms. The van der Waals surface area contributed by atoms with Crippen molar-refractivity contribution in [1.29, 1.82) is 0 Å². The summed E-state index contributed by atoms with van der Waals surface area (Å²) in [6, 6.07) is 18.6. The Morgan fingerprint density at radius 2 is 1.46 bits per heavy atom. The predicted molar refractivity (Wildman–Crippen MR) is 91.4 cm³/mol. The first-order chi connectivity index (χ1) is 12.3. The van der Waals surface area contributed by atoms with Crippen LogP contribution in [0.1, 0.15) is 11.3 Å². The Hall–Kier alpha value is -3.09. The molecule has 0 saturated carbocycles. The van der Waals surface area contributed by atoms with E-state index in [1.807, 2.05) is 0 Å². The van der Waals surface area contributed by atoms with Gasteiger partial charge in [-0.15, -0.1) is 0 Å². The second kappa shape index (κ2) is 6.67. The highest BCUT2D eigenvalue weighted by molar-refractivity contribution is 5.60. The van der Waals surface area contributed by atoms with Crippen molar-refractivity contribution in [1.82, 2.24) is 4.98 Å². The lowest BCUT2D eigenvalue weighted by Gasteiger charge is -2.32. The van der Waals surface area contributed by atoms with Crippen LogP contribution in [0, 0.1) is 10.1 Å². The van der Waals surface area contributed by atoms with Gasteiger partial charge in [0, 0.05) is 16.3 Å². The molecule has 0 amide bonds. The van der Waals surface area contributed by atoms with Crippen LogP contribution in [0.25, 0.3) is 11.3 Å². The van der Waals surface area contributed by atoms with Crippen molar-refractivity contribution in [2.24, 2.45) is 0 Å². The van der Waals surface area contributed by atoms with Crippen molar-refractivity contribution in [3.05, 3.63) is 94.2 Å². The van der Waals surface area contributed by atoms with Crippen LogP contribution in [0.4, 0.5) is 13.2 Å². The molecule has 1 N–H and O–H groups in total. The molecule has 4 nitrogen and oxygen atoms in total. The molecule has 0 aliphatic carbocycles. The van der Waals surface area contributed by atoms with Crippen LogP contribution in [-0.4, -0.2) is 22.6 Å². The molecule has 1 aromatic heterocycles. The molecule has 0 unspecified atom stereocenters. The molecule has 1 heterocycles. The normalized spacial score (nSPS) is 14.0. The summed E-state index contributed by atoms with van der Waals surface area (Å²) in [6.07, 6.45) is -4.86. The summed E-state index contributed by atoms with van der Waals surface area (Å²) in [7, 11) is 0. The van der Waals surface area contributed by atoms with Crippen molar-refractivity contribution in [3.8, 4) is 11.3 Å². The van der Waals surface area contributed by atoms with Crippen LogP contribution < -0.4 is 0 Å². The van der Waals surface area contributed by atoms with E-state index in [9.17, 15) is 23.3 Å². The van der Waals surface area contributed by atoms with E-state index in [1.54, 1.807) is 36.4 Å². The van der Waals surface area contributed by atoms with E-state index in [1.165, 1.54) is 36.4 Å². The van der Waals surface area contributed by atoms with Gasteiger partial charge in [-0.05, 0) is 23.3 Å². The molecule has 0 saturated heterocycles. The lowest BCUT2D eigenvalue weighted by atomic mass is 9.76. The number of hydrogen-bond donors (Lipinski definition) is 1. The first-order valence-corrected chi connectivity index (χ1v) is 7.83. The smallest absolute Gasteiger partial charge is 0.357 e. The zero-order valence-electron chi connectivity index (χ0n) is 13.5. The third kappa shape index (κ3) is 3.08. The van der Waals surface area contributed by atoms with E-state index in [0.717, 1.165) is 0 Å². The molecule has 0 bridgehead atoms. The summed E-state index contributed by atoms with van der Waals surface area (Å²) in [5.74, 6) is 0. The average molecular weight is 360 g/mol. The van der Waals surface area contributed by atoms with E-state index in [4.69, 9.17) is 0 Å². The Labute approximate surface area is 147 Å². The monoisotopic (exact) mass is 360 g/mol. The summed E-state index contributed by atoms with van der Waals surface area (Å²) in [5.41, 5.74) is -2.03. The van der Waals surface area contributed by atoms with Gasteiger partial charge in [0.25, 0.3) is 0 Å². The van der Waals surface area contributed by atoms with Crippen LogP contribution in [-0.2, 0) is 5.41 Å². The largest absolute Gasteiger partial charge is 0.410 e. The molecule has 134 valence electrons. The second-order valence-electron chi connectivity index (χ2n) is 5.91. The standard InChI is InChI=1S/C19H15F3N2O2/c20-19(21,22)18(13-24(25)26,15-9-5-2-6-10-15)17-12-11-16(23-17)14-7-3-1-4-8-14/h1-12,23H,13H2/t18-/m0/s1. The maximum absolute atomic E-state index is 14.2. The van der Waals surface area contributed by atoms with Gasteiger partial charge in [-0.3, -0.25) is 10.1 Å². The SMILES string of the molecule is O=[N+]([O-])C[C@](c1ccccc1)(c1ccc(-c2ccccc2)[nH]1)C(F)(F)F. The van der Waals surface area contributed by atoms with Gasteiger partial charge in [-0.2, -0.15) is 13.2 Å². The fourth-order valence-electron chi connectivity index (χ4n) is 3.08. The Balaban J connectivity index is 2.21. The lowest BCUT2D eigenvalue weighted by Crippen LogP contribution is -2.49. The highest BCUT2D eigenvalue weighted by Gasteiger charge is 2.61. The minimum absolute atomic E-state index is 0.175. The van der Waals surface area contributed by atoms with Gasteiger partial charge in [0.05, 0.1) is 0 Å². The number of aromatic nitrogens is 1. The van der Waals surface area contributed by atoms with Crippen molar-refractivity contribution >= 4 is 0 Å². The second-order valence-corrected chi connectivity index (χ2v) is 5.91. The average Bonchev–Trinajstić information content (AvgIpc) is 3.10. The molecule has 3 rings (SSSR count). The maximum atomic E-state index is 14.2. The Bertz CT molecular complexity index is 892. The summed E-state index contributed by atoms with van der Waals surface area (Å²) < 4.78 is 42.6. The van der Waals surface area contributed by atoms with Gasteiger partial charge in [-0.25, -0.2) is 0 Å². The number of rotatable bonds is 5. The molecule has 26 heavy (non-hydrogen) atoms. The molecular formula is C19H15F3N2O2. The minimum atomic E-state index is -4.86. The van der Waals surface area contributed by atoms with E-state index in [0.29, 0.717) is 11.3 Å². The van der Waals surface area contributed by atoms with Gasteiger partial charge in [0.15, 0.2) is 5.41 Å². The summed E-state index contributed by atoms with van der Waals surface area (Å²) in [5, 5.41) is 11.2. The zero-order valence-corrected chi connectivity index (χ0v) is 13.5. The quantitative estimate of drug-likeness (QED) is 0.524. The van der Waals surface area contributed by atoms with Gasteiger partial charge in [0.1, 0.15) is 0 Å². The highest BCUT2D eigenvalue weighted by atomic mass is 19.4. The Morgan fingerprint density at radius 3 is 2.00 bits per heavy atom. The molecule has 0 aliphatic rings. The number of halogens is 3. The van der Waals surface area contributed by atoms with Gasteiger partial charge in [0.2, 0.25) is 6.54 Å². The number of nitro groups is 1. The van der Waals surface area contributed by atoms with Crippen molar-refractivity contribution in [3.63, 3.8) is 0 Å². The van der Waals surface area contributed by atoms with E-state index >= 15 is 0 Å². The van der Waals surface area contributed by atoms with Gasteiger partial charge < -0.3 is 4.98 Å². The van der Waals surface area contributed by atoms with E-state index < -0.39 is 23.1 Å². The molecule has 3 aromatic rings. The van der Waals surface area contributed by atoms with Crippen LogP contribution in [0.15, 0.2) is 72.8 Å². The first kappa shape index (κ1) is 17.7. The first-order valence-electron chi connectivity index (χ1n) is 7.83. The minimum Gasteiger partial charge on any atom is -0.357 e. The van der Waals surface area contributed by atoms with Crippen molar-refractivity contribution < 1.29 is 18.1 Å². The summed E-state index contributed by atoms with van der Waals surface area (Å²) in [4.78, 5) is 13.0. The van der Waals surface area contributed by atoms with Crippen molar-refractivity contribution in [2.45, 2.75) is 11.6 Å². The number of nitrogens with zero attached hydrogens (tertiary/aromatic N) is 1. The number of hydrogen-bond acceptors (Lipinski definition) is 2.